The summed E-state index contributed by atoms with van der Waals surface area (Å²) in [4.78, 5) is 21.4. The standard InChI is InChI=1S/C20H35N7O2/c1-3-21-20(23-12-11-22-19(28)15-7-5-4-6-8-15)24-16-9-10-18-25-17(14-29-2)26-27(18)13-16/h15-16H,3-14H2,1-2H3,(H,22,28)(H2,21,23,24). The second-order valence-electron chi connectivity index (χ2n) is 7.83. The van der Waals surface area contributed by atoms with Crippen LogP contribution in [-0.4, -0.2) is 59.4 Å². The highest BCUT2D eigenvalue weighted by Gasteiger charge is 2.23. The lowest BCUT2D eigenvalue weighted by atomic mass is 9.89. The lowest BCUT2D eigenvalue weighted by molar-refractivity contribution is -0.125. The van der Waals surface area contributed by atoms with Gasteiger partial charge >= 0.3 is 0 Å². The molecule has 1 fully saturated rings. The van der Waals surface area contributed by atoms with E-state index in [-0.39, 0.29) is 17.9 Å². The molecule has 0 bridgehead atoms. The number of rotatable bonds is 8. The second-order valence-corrected chi connectivity index (χ2v) is 7.83. The van der Waals surface area contributed by atoms with E-state index in [0.29, 0.717) is 19.7 Å². The SMILES string of the molecule is CCNC(=NCCNC(=O)C1CCCCC1)NC1CCc2nc(COC)nn2C1. The maximum Gasteiger partial charge on any atom is 0.223 e. The van der Waals surface area contributed by atoms with Gasteiger partial charge < -0.3 is 20.7 Å². The van der Waals surface area contributed by atoms with E-state index < -0.39 is 0 Å². The summed E-state index contributed by atoms with van der Waals surface area (Å²) in [5.41, 5.74) is 0. The number of aliphatic imine (C=N–C) groups is 1. The summed E-state index contributed by atoms with van der Waals surface area (Å²) in [6, 6.07) is 0.245. The van der Waals surface area contributed by atoms with Crippen LogP contribution in [0.2, 0.25) is 0 Å². The van der Waals surface area contributed by atoms with E-state index >= 15 is 0 Å². The van der Waals surface area contributed by atoms with Gasteiger partial charge in [-0.25, -0.2) is 9.67 Å². The molecular weight excluding hydrogens is 370 g/mol. The Morgan fingerprint density at radius 3 is 2.83 bits per heavy atom. The smallest absolute Gasteiger partial charge is 0.223 e. The van der Waals surface area contributed by atoms with Crippen molar-refractivity contribution in [2.75, 3.05) is 26.7 Å². The molecule has 1 aliphatic heterocycles. The van der Waals surface area contributed by atoms with Crippen LogP contribution in [0.15, 0.2) is 4.99 Å². The fraction of sp³-hybridized carbons (Fsp3) is 0.800. The number of aryl methyl sites for hydroxylation is 1. The summed E-state index contributed by atoms with van der Waals surface area (Å²) in [6.07, 6.45) is 7.52. The second kappa shape index (κ2) is 11.1. The summed E-state index contributed by atoms with van der Waals surface area (Å²) >= 11 is 0. The molecule has 1 aromatic rings. The molecule has 1 aromatic heterocycles. The first kappa shape index (κ1) is 21.5. The van der Waals surface area contributed by atoms with Gasteiger partial charge in [-0.2, -0.15) is 5.10 Å². The first-order chi connectivity index (χ1) is 14.2. The summed E-state index contributed by atoms with van der Waals surface area (Å²) in [5, 5.41) is 14.4. The third-order valence-electron chi connectivity index (χ3n) is 5.52. The number of guanidine groups is 1. The van der Waals surface area contributed by atoms with E-state index in [1.54, 1.807) is 7.11 Å². The maximum absolute atomic E-state index is 12.2. The van der Waals surface area contributed by atoms with E-state index in [0.717, 1.165) is 56.4 Å². The van der Waals surface area contributed by atoms with Crippen LogP contribution in [-0.2, 0) is 29.1 Å². The van der Waals surface area contributed by atoms with Crippen molar-refractivity contribution in [1.82, 2.24) is 30.7 Å². The van der Waals surface area contributed by atoms with E-state index in [9.17, 15) is 4.79 Å². The van der Waals surface area contributed by atoms with E-state index in [2.05, 4.69) is 37.9 Å². The topological polar surface area (TPSA) is 105 Å². The minimum atomic E-state index is 0.190. The molecule has 1 aliphatic carbocycles. The quantitative estimate of drug-likeness (QED) is 0.338. The van der Waals surface area contributed by atoms with Crippen LogP contribution in [0.25, 0.3) is 0 Å². The van der Waals surface area contributed by atoms with Gasteiger partial charge in [0.25, 0.3) is 0 Å². The Kier molecular flexibility index (Phi) is 8.27. The number of hydrogen-bond donors (Lipinski definition) is 3. The molecule has 29 heavy (non-hydrogen) atoms. The summed E-state index contributed by atoms with van der Waals surface area (Å²) in [5.74, 6) is 2.92. The first-order valence-electron chi connectivity index (χ1n) is 10.9. The van der Waals surface area contributed by atoms with Gasteiger partial charge in [-0.3, -0.25) is 9.79 Å². The van der Waals surface area contributed by atoms with Gasteiger partial charge in [-0.1, -0.05) is 19.3 Å². The van der Waals surface area contributed by atoms with Crippen molar-refractivity contribution in [2.24, 2.45) is 10.9 Å². The third-order valence-corrected chi connectivity index (χ3v) is 5.52. The van der Waals surface area contributed by atoms with Crippen LogP contribution >= 0.6 is 0 Å². The van der Waals surface area contributed by atoms with Crippen molar-refractivity contribution < 1.29 is 9.53 Å². The number of aromatic nitrogens is 3. The third kappa shape index (κ3) is 6.42. The highest BCUT2D eigenvalue weighted by molar-refractivity contribution is 5.80. The predicted octanol–water partition coefficient (Wildman–Crippen LogP) is 0.991. The normalized spacial score (nSPS) is 20.2. The number of methoxy groups -OCH3 is 1. The Hall–Kier alpha value is -2.16. The number of carbonyl (C=O) groups is 1. The zero-order chi connectivity index (χ0) is 20.5. The molecule has 1 unspecified atom stereocenters. The van der Waals surface area contributed by atoms with Crippen LogP contribution in [0.4, 0.5) is 0 Å². The molecule has 2 aliphatic rings. The zero-order valence-electron chi connectivity index (χ0n) is 17.7. The first-order valence-corrected chi connectivity index (χ1v) is 10.9. The number of fused-ring (bicyclic) bond motifs is 1. The number of nitrogens with one attached hydrogen (secondary N) is 3. The molecule has 1 amide bonds. The Morgan fingerprint density at radius 2 is 2.07 bits per heavy atom. The largest absolute Gasteiger partial charge is 0.377 e. The Labute approximate surface area is 173 Å². The average molecular weight is 406 g/mol. The maximum atomic E-state index is 12.2. The van der Waals surface area contributed by atoms with Gasteiger partial charge in [-0.15, -0.1) is 0 Å². The summed E-state index contributed by atoms with van der Waals surface area (Å²) < 4.78 is 7.09. The number of hydrogen-bond acceptors (Lipinski definition) is 5. The molecule has 9 nitrogen and oxygen atoms in total. The number of nitrogens with zero attached hydrogens (tertiary/aromatic N) is 4. The molecule has 3 N–H and O–H groups in total. The molecular formula is C20H35N7O2. The van der Waals surface area contributed by atoms with Crippen LogP contribution in [0.5, 0.6) is 0 Å². The molecule has 162 valence electrons. The summed E-state index contributed by atoms with van der Waals surface area (Å²) in [7, 11) is 1.65. The van der Waals surface area contributed by atoms with Crippen molar-refractivity contribution in [2.45, 2.75) is 71.1 Å². The highest BCUT2D eigenvalue weighted by Crippen LogP contribution is 2.23. The van der Waals surface area contributed by atoms with E-state index in [1.807, 2.05) is 4.68 Å². The highest BCUT2D eigenvalue weighted by atomic mass is 16.5. The number of amides is 1. The monoisotopic (exact) mass is 405 g/mol. The lowest BCUT2D eigenvalue weighted by Gasteiger charge is -2.25. The van der Waals surface area contributed by atoms with Crippen LogP contribution in [0.3, 0.4) is 0 Å². The molecule has 9 heteroatoms. The minimum absolute atomic E-state index is 0.190. The van der Waals surface area contributed by atoms with Crippen molar-refractivity contribution in [1.29, 1.82) is 0 Å². The molecule has 0 radical (unpaired) electrons. The van der Waals surface area contributed by atoms with Crippen molar-refractivity contribution in [3.05, 3.63) is 11.6 Å². The number of carbonyl (C=O) groups excluding carboxylic acids is 1. The zero-order valence-corrected chi connectivity index (χ0v) is 17.7. The van der Waals surface area contributed by atoms with Gasteiger partial charge in [0, 0.05) is 38.6 Å². The number of ether oxygens (including phenoxy) is 1. The van der Waals surface area contributed by atoms with E-state index in [4.69, 9.17) is 4.74 Å². The predicted molar refractivity (Wildman–Crippen MR) is 112 cm³/mol. The molecule has 0 saturated heterocycles. The lowest BCUT2D eigenvalue weighted by Crippen LogP contribution is -2.47. The van der Waals surface area contributed by atoms with Gasteiger partial charge in [0.1, 0.15) is 12.4 Å². The molecule has 1 saturated carbocycles. The minimum Gasteiger partial charge on any atom is -0.377 e. The summed E-state index contributed by atoms with van der Waals surface area (Å²) in [6.45, 7) is 5.18. The van der Waals surface area contributed by atoms with Crippen molar-refractivity contribution >= 4 is 11.9 Å². The Bertz CT molecular complexity index is 682. The fourth-order valence-corrected chi connectivity index (χ4v) is 4.04. The molecule has 1 atom stereocenters. The van der Waals surface area contributed by atoms with Gasteiger partial charge in [-0.05, 0) is 26.2 Å². The van der Waals surface area contributed by atoms with Crippen LogP contribution < -0.4 is 16.0 Å². The average Bonchev–Trinajstić information content (AvgIpc) is 3.13. The molecule has 0 aromatic carbocycles. The van der Waals surface area contributed by atoms with Gasteiger partial charge in [0.2, 0.25) is 5.91 Å². The van der Waals surface area contributed by atoms with E-state index in [1.165, 1.54) is 19.3 Å². The van der Waals surface area contributed by atoms with Crippen LogP contribution in [0.1, 0.15) is 57.1 Å². The molecule has 3 rings (SSSR count). The molecule has 2 heterocycles. The van der Waals surface area contributed by atoms with Gasteiger partial charge in [0.15, 0.2) is 11.8 Å². The Balaban J connectivity index is 1.45. The molecule has 0 spiro atoms. The Morgan fingerprint density at radius 1 is 1.24 bits per heavy atom. The fourth-order valence-electron chi connectivity index (χ4n) is 4.04. The van der Waals surface area contributed by atoms with Crippen molar-refractivity contribution in [3.8, 4) is 0 Å². The van der Waals surface area contributed by atoms with Crippen LogP contribution in [0, 0.1) is 5.92 Å². The van der Waals surface area contributed by atoms with Gasteiger partial charge in [0.05, 0.1) is 13.1 Å². The van der Waals surface area contributed by atoms with Crippen molar-refractivity contribution in [3.63, 3.8) is 0 Å².